The number of hydrogen-bond acceptors (Lipinski definition) is 7. The minimum absolute atomic E-state index is 0.0693. The lowest BCUT2D eigenvalue weighted by molar-refractivity contribution is -0.139. The Morgan fingerprint density at radius 2 is 1.93 bits per heavy atom. The smallest absolute Gasteiger partial charge is 0.341 e. The van der Waals surface area contributed by atoms with Crippen LogP contribution in [0.25, 0.3) is 22.7 Å². The average Bonchev–Trinajstić information content (AvgIpc) is 3.12. The topological polar surface area (TPSA) is 108 Å². The number of halogens is 3. The first kappa shape index (κ1) is 19.5. The van der Waals surface area contributed by atoms with Gasteiger partial charge in [-0.2, -0.15) is 4.98 Å². The fraction of sp³-hybridized carbons (Fsp3) is 0.0526. The summed E-state index contributed by atoms with van der Waals surface area (Å²) < 4.78 is 42.6. The molecular formula is C19H10ClF2N3O5. The van der Waals surface area contributed by atoms with E-state index in [4.69, 9.17) is 30.6 Å². The Balaban J connectivity index is 1.59. The summed E-state index contributed by atoms with van der Waals surface area (Å²) in [6, 6.07) is 7.15. The molecule has 0 saturated carbocycles. The van der Waals surface area contributed by atoms with Crippen LogP contribution in [0.5, 0.6) is 17.5 Å². The van der Waals surface area contributed by atoms with E-state index < -0.39 is 24.2 Å². The fourth-order valence-corrected chi connectivity index (χ4v) is 2.67. The molecule has 0 radical (unpaired) electrons. The van der Waals surface area contributed by atoms with E-state index in [1.165, 1.54) is 18.3 Å². The normalized spacial score (nSPS) is 10.9. The fourth-order valence-electron chi connectivity index (χ4n) is 2.44. The summed E-state index contributed by atoms with van der Waals surface area (Å²) in [6.07, 6.45) is 1.32. The standard InChI is InChI=1S/C19H10ClF2N3O5/c20-11-5-9(1-3-14(11)28-8-16(26)27)17-24-13-7-23-19(25-18(13)30-17)29-15-4-2-10(21)6-12(15)22/h1-7H,8H2,(H,26,27). The minimum Gasteiger partial charge on any atom is -0.480 e. The molecule has 8 nitrogen and oxygen atoms in total. The summed E-state index contributed by atoms with van der Waals surface area (Å²) >= 11 is 6.11. The number of benzene rings is 2. The molecule has 0 atom stereocenters. The van der Waals surface area contributed by atoms with Gasteiger partial charge in [0.15, 0.2) is 18.2 Å². The van der Waals surface area contributed by atoms with Crippen molar-refractivity contribution in [3.63, 3.8) is 0 Å². The third kappa shape index (κ3) is 4.13. The van der Waals surface area contributed by atoms with Crippen molar-refractivity contribution < 1.29 is 32.6 Å². The molecule has 2 aromatic carbocycles. The number of rotatable bonds is 6. The number of aliphatic carboxylic acids is 1. The van der Waals surface area contributed by atoms with Crippen LogP contribution in [0.1, 0.15) is 0 Å². The molecule has 4 rings (SSSR count). The van der Waals surface area contributed by atoms with Crippen LogP contribution in [-0.4, -0.2) is 32.6 Å². The number of oxazole rings is 1. The third-order valence-corrected chi connectivity index (χ3v) is 4.05. The first-order chi connectivity index (χ1) is 14.4. The summed E-state index contributed by atoms with van der Waals surface area (Å²) in [6.45, 7) is -0.533. The van der Waals surface area contributed by atoms with Crippen LogP contribution in [0.4, 0.5) is 8.78 Å². The van der Waals surface area contributed by atoms with E-state index in [1.54, 1.807) is 6.07 Å². The number of aromatic nitrogens is 3. The van der Waals surface area contributed by atoms with Crippen molar-refractivity contribution in [2.75, 3.05) is 6.61 Å². The predicted molar refractivity (Wildman–Crippen MR) is 99.6 cm³/mol. The van der Waals surface area contributed by atoms with Crippen molar-refractivity contribution >= 4 is 28.8 Å². The summed E-state index contributed by atoms with van der Waals surface area (Å²) in [5.74, 6) is -2.68. The Morgan fingerprint density at radius 3 is 2.67 bits per heavy atom. The van der Waals surface area contributed by atoms with E-state index >= 15 is 0 Å². The van der Waals surface area contributed by atoms with Gasteiger partial charge >= 0.3 is 12.0 Å². The van der Waals surface area contributed by atoms with Gasteiger partial charge in [0.25, 0.3) is 5.71 Å². The zero-order valence-electron chi connectivity index (χ0n) is 14.8. The van der Waals surface area contributed by atoms with Crippen LogP contribution < -0.4 is 9.47 Å². The van der Waals surface area contributed by atoms with Gasteiger partial charge in [-0.25, -0.2) is 23.5 Å². The highest BCUT2D eigenvalue weighted by atomic mass is 35.5. The number of ether oxygens (including phenoxy) is 2. The Labute approximate surface area is 171 Å². The monoisotopic (exact) mass is 433 g/mol. The Kier molecular flexibility index (Phi) is 5.15. The maximum Gasteiger partial charge on any atom is 0.341 e. The summed E-state index contributed by atoms with van der Waals surface area (Å²) in [5.41, 5.74) is 0.854. The van der Waals surface area contributed by atoms with Crippen LogP contribution in [0, 0.1) is 11.6 Å². The Hall–Kier alpha value is -3.79. The molecule has 4 aromatic rings. The van der Waals surface area contributed by atoms with E-state index in [-0.39, 0.29) is 34.1 Å². The second-order valence-corrected chi connectivity index (χ2v) is 6.27. The lowest BCUT2D eigenvalue weighted by atomic mass is 10.2. The van der Waals surface area contributed by atoms with Gasteiger partial charge in [0.05, 0.1) is 11.2 Å². The number of fused-ring (bicyclic) bond motifs is 1. The van der Waals surface area contributed by atoms with Crippen molar-refractivity contribution in [2.24, 2.45) is 0 Å². The van der Waals surface area contributed by atoms with E-state index in [9.17, 15) is 13.6 Å². The molecule has 0 unspecified atom stereocenters. The van der Waals surface area contributed by atoms with Crippen LogP contribution in [0.2, 0.25) is 5.02 Å². The molecule has 0 amide bonds. The molecule has 0 aliphatic heterocycles. The first-order valence-corrected chi connectivity index (χ1v) is 8.68. The van der Waals surface area contributed by atoms with Crippen LogP contribution >= 0.6 is 11.6 Å². The van der Waals surface area contributed by atoms with Gasteiger partial charge in [-0.3, -0.25) is 0 Å². The molecule has 0 aliphatic carbocycles. The van der Waals surface area contributed by atoms with Crippen LogP contribution in [-0.2, 0) is 4.79 Å². The molecule has 1 N–H and O–H groups in total. The molecule has 0 saturated heterocycles. The van der Waals surface area contributed by atoms with Crippen molar-refractivity contribution in [1.29, 1.82) is 0 Å². The van der Waals surface area contributed by atoms with Crippen LogP contribution in [0.3, 0.4) is 0 Å². The second-order valence-electron chi connectivity index (χ2n) is 5.87. The molecule has 30 heavy (non-hydrogen) atoms. The molecule has 2 heterocycles. The molecule has 152 valence electrons. The minimum atomic E-state index is -1.13. The van der Waals surface area contributed by atoms with Crippen LogP contribution in [0.15, 0.2) is 47.0 Å². The molecule has 2 aromatic heterocycles. The second kappa shape index (κ2) is 7.91. The zero-order chi connectivity index (χ0) is 21.3. The van der Waals surface area contributed by atoms with E-state index in [1.807, 2.05) is 0 Å². The Bertz CT molecular complexity index is 1260. The number of hydrogen-bond donors (Lipinski definition) is 1. The van der Waals surface area contributed by atoms with Gasteiger partial charge in [-0.15, -0.1) is 0 Å². The number of carboxylic acid groups (broad SMARTS) is 1. The number of carboxylic acids is 1. The van der Waals surface area contributed by atoms with Gasteiger partial charge in [0.2, 0.25) is 5.89 Å². The molecule has 0 fully saturated rings. The van der Waals surface area contributed by atoms with Gasteiger partial charge in [0.1, 0.15) is 17.1 Å². The maximum absolute atomic E-state index is 13.7. The zero-order valence-corrected chi connectivity index (χ0v) is 15.6. The molecule has 0 spiro atoms. The highest BCUT2D eigenvalue weighted by molar-refractivity contribution is 6.32. The van der Waals surface area contributed by atoms with Gasteiger partial charge in [-0.05, 0) is 30.3 Å². The summed E-state index contributed by atoms with van der Waals surface area (Å²) in [4.78, 5) is 22.8. The number of carbonyl (C=O) groups is 1. The van der Waals surface area contributed by atoms with E-state index in [0.29, 0.717) is 17.1 Å². The molecule has 0 bridgehead atoms. The van der Waals surface area contributed by atoms with Crippen molar-refractivity contribution in [1.82, 2.24) is 15.0 Å². The van der Waals surface area contributed by atoms with E-state index in [2.05, 4.69) is 15.0 Å². The van der Waals surface area contributed by atoms with Crippen molar-refractivity contribution in [3.8, 4) is 29.0 Å². The van der Waals surface area contributed by atoms with Gasteiger partial charge < -0.3 is 19.0 Å². The maximum atomic E-state index is 13.7. The lowest BCUT2D eigenvalue weighted by Gasteiger charge is -2.06. The largest absolute Gasteiger partial charge is 0.480 e. The Morgan fingerprint density at radius 1 is 1.13 bits per heavy atom. The predicted octanol–water partition coefficient (Wildman–Crippen LogP) is 4.47. The summed E-state index contributed by atoms with van der Waals surface area (Å²) in [5, 5.41) is 8.83. The van der Waals surface area contributed by atoms with Crippen molar-refractivity contribution in [2.45, 2.75) is 0 Å². The molecular weight excluding hydrogens is 424 g/mol. The van der Waals surface area contributed by atoms with Crippen molar-refractivity contribution in [3.05, 3.63) is 59.3 Å². The number of nitrogens with zero attached hydrogens (tertiary/aromatic N) is 3. The average molecular weight is 434 g/mol. The SMILES string of the molecule is O=C(O)COc1ccc(-c2nc3cnc(Oc4ccc(F)cc4F)nc3o2)cc1Cl. The highest BCUT2D eigenvalue weighted by Crippen LogP contribution is 2.32. The van der Waals surface area contributed by atoms with Gasteiger partial charge in [-0.1, -0.05) is 11.6 Å². The highest BCUT2D eigenvalue weighted by Gasteiger charge is 2.15. The lowest BCUT2D eigenvalue weighted by Crippen LogP contribution is -2.09. The van der Waals surface area contributed by atoms with E-state index in [0.717, 1.165) is 12.1 Å². The molecule has 11 heteroatoms. The summed E-state index contributed by atoms with van der Waals surface area (Å²) in [7, 11) is 0. The quantitative estimate of drug-likeness (QED) is 0.474. The first-order valence-electron chi connectivity index (χ1n) is 8.30. The third-order valence-electron chi connectivity index (χ3n) is 3.75. The molecule has 0 aliphatic rings. The van der Waals surface area contributed by atoms with Gasteiger partial charge in [0, 0.05) is 11.6 Å².